The summed E-state index contributed by atoms with van der Waals surface area (Å²) in [5.74, 6) is 1.41. The van der Waals surface area contributed by atoms with E-state index in [1.165, 1.54) is 0 Å². The molecule has 4 heteroatoms. The number of hydrogen-bond donors (Lipinski definition) is 0. The maximum absolute atomic E-state index is 6.56. The second-order valence-corrected chi connectivity index (χ2v) is 5.18. The monoisotopic (exact) mass is 270 g/mol. The Labute approximate surface area is 113 Å². The summed E-state index contributed by atoms with van der Waals surface area (Å²) in [6.45, 7) is 2.85. The van der Waals surface area contributed by atoms with Gasteiger partial charge in [-0.1, -0.05) is 6.07 Å². The number of ether oxygens (including phenoxy) is 3. The summed E-state index contributed by atoms with van der Waals surface area (Å²) in [7, 11) is 3.25. The van der Waals surface area contributed by atoms with Crippen LogP contribution in [0.4, 0.5) is 0 Å². The van der Waals surface area contributed by atoms with Crippen LogP contribution >= 0.6 is 11.6 Å². The molecule has 1 aliphatic heterocycles. The molecule has 100 valence electrons. The van der Waals surface area contributed by atoms with Gasteiger partial charge in [0.25, 0.3) is 0 Å². The Hall–Kier alpha value is -0.930. The highest BCUT2D eigenvalue weighted by Crippen LogP contribution is 2.43. The minimum absolute atomic E-state index is 0.181. The van der Waals surface area contributed by atoms with E-state index >= 15 is 0 Å². The third-order valence-electron chi connectivity index (χ3n) is 3.49. The SMILES string of the molecule is COc1ccc(C(Cl)C2(C)CCCO2)cc1OC. The maximum Gasteiger partial charge on any atom is 0.161 e. The van der Waals surface area contributed by atoms with Gasteiger partial charge in [-0.15, -0.1) is 11.6 Å². The van der Waals surface area contributed by atoms with Gasteiger partial charge in [-0.2, -0.15) is 0 Å². The van der Waals surface area contributed by atoms with Crippen LogP contribution in [0, 0.1) is 0 Å². The summed E-state index contributed by atoms with van der Waals surface area (Å²) in [6, 6.07) is 5.76. The molecule has 0 bridgehead atoms. The highest BCUT2D eigenvalue weighted by molar-refractivity contribution is 6.21. The van der Waals surface area contributed by atoms with Crippen molar-refractivity contribution in [2.75, 3.05) is 20.8 Å². The summed E-state index contributed by atoms with van der Waals surface area (Å²) in [6.07, 6.45) is 2.04. The van der Waals surface area contributed by atoms with Crippen LogP contribution in [0.15, 0.2) is 18.2 Å². The third-order valence-corrected chi connectivity index (χ3v) is 4.20. The lowest BCUT2D eigenvalue weighted by atomic mass is 9.93. The van der Waals surface area contributed by atoms with Crippen LogP contribution in [-0.2, 0) is 4.74 Å². The lowest BCUT2D eigenvalue weighted by Gasteiger charge is -2.29. The van der Waals surface area contributed by atoms with Gasteiger partial charge in [0.05, 0.1) is 25.2 Å². The number of halogens is 1. The first kappa shape index (κ1) is 13.5. The van der Waals surface area contributed by atoms with Gasteiger partial charge >= 0.3 is 0 Å². The molecule has 2 unspecified atom stereocenters. The predicted octanol–water partition coefficient (Wildman–Crippen LogP) is 3.55. The van der Waals surface area contributed by atoms with Crippen molar-refractivity contribution >= 4 is 11.6 Å². The molecule has 1 aromatic rings. The van der Waals surface area contributed by atoms with E-state index in [0.29, 0.717) is 11.5 Å². The lowest BCUT2D eigenvalue weighted by Crippen LogP contribution is -2.28. The van der Waals surface area contributed by atoms with Gasteiger partial charge in [-0.25, -0.2) is 0 Å². The van der Waals surface area contributed by atoms with E-state index in [4.69, 9.17) is 25.8 Å². The van der Waals surface area contributed by atoms with Gasteiger partial charge in [-0.3, -0.25) is 0 Å². The Kier molecular flexibility index (Phi) is 4.03. The standard InChI is InChI=1S/C14H19ClO3/c1-14(7-4-8-18-14)13(15)10-5-6-11(16-2)12(9-10)17-3/h5-6,9,13H,4,7-8H2,1-3H3. The fraction of sp³-hybridized carbons (Fsp3) is 0.571. The second-order valence-electron chi connectivity index (χ2n) is 4.74. The van der Waals surface area contributed by atoms with Crippen molar-refractivity contribution in [1.29, 1.82) is 0 Å². The molecule has 0 radical (unpaired) electrons. The molecule has 0 N–H and O–H groups in total. The molecular formula is C14H19ClO3. The molecule has 18 heavy (non-hydrogen) atoms. The molecule has 1 heterocycles. The van der Waals surface area contributed by atoms with E-state index in [1.807, 2.05) is 18.2 Å². The molecule has 0 saturated carbocycles. The van der Waals surface area contributed by atoms with E-state index in [-0.39, 0.29) is 11.0 Å². The largest absolute Gasteiger partial charge is 0.493 e. The van der Waals surface area contributed by atoms with Crippen molar-refractivity contribution in [2.45, 2.75) is 30.7 Å². The quantitative estimate of drug-likeness (QED) is 0.783. The Morgan fingerprint density at radius 1 is 1.28 bits per heavy atom. The van der Waals surface area contributed by atoms with Crippen molar-refractivity contribution in [2.24, 2.45) is 0 Å². The van der Waals surface area contributed by atoms with E-state index in [9.17, 15) is 0 Å². The number of hydrogen-bond acceptors (Lipinski definition) is 3. The van der Waals surface area contributed by atoms with Crippen LogP contribution in [0.25, 0.3) is 0 Å². The van der Waals surface area contributed by atoms with Gasteiger partial charge in [0, 0.05) is 6.61 Å². The van der Waals surface area contributed by atoms with Gasteiger partial charge in [-0.05, 0) is 37.5 Å². The van der Waals surface area contributed by atoms with Crippen LogP contribution < -0.4 is 9.47 Å². The minimum Gasteiger partial charge on any atom is -0.493 e. The van der Waals surface area contributed by atoms with Gasteiger partial charge in [0.15, 0.2) is 11.5 Å². The Balaban J connectivity index is 2.27. The van der Waals surface area contributed by atoms with E-state index in [1.54, 1.807) is 14.2 Å². The summed E-state index contributed by atoms with van der Waals surface area (Å²) in [4.78, 5) is 0. The fourth-order valence-electron chi connectivity index (χ4n) is 2.36. The molecule has 0 spiro atoms. The van der Waals surface area contributed by atoms with Crippen molar-refractivity contribution < 1.29 is 14.2 Å². The Bertz CT molecular complexity index is 414. The molecule has 2 atom stereocenters. The molecule has 0 amide bonds. The molecule has 2 rings (SSSR count). The minimum atomic E-state index is -0.291. The molecule has 0 aliphatic carbocycles. The van der Waals surface area contributed by atoms with E-state index in [2.05, 4.69) is 6.92 Å². The van der Waals surface area contributed by atoms with Crippen molar-refractivity contribution in [1.82, 2.24) is 0 Å². The van der Waals surface area contributed by atoms with Crippen LogP contribution in [0.2, 0.25) is 0 Å². The number of benzene rings is 1. The zero-order chi connectivity index (χ0) is 13.2. The van der Waals surface area contributed by atoms with Crippen molar-refractivity contribution in [3.8, 4) is 11.5 Å². The Morgan fingerprint density at radius 3 is 2.56 bits per heavy atom. The Morgan fingerprint density at radius 2 is 2.00 bits per heavy atom. The van der Waals surface area contributed by atoms with Crippen LogP contribution in [0.3, 0.4) is 0 Å². The fourth-order valence-corrected chi connectivity index (χ4v) is 2.67. The summed E-state index contributed by atoms with van der Waals surface area (Å²) < 4.78 is 16.3. The molecule has 1 saturated heterocycles. The normalized spacial score (nSPS) is 24.9. The topological polar surface area (TPSA) is 27.7 Å². The summed E-state index contributed by atoms with van der Waals surface area (Å²) >= 11 is 6.56. The van der Waals surface area contributed by atoms with Gasteiger partial charge in [0.1, 0.15) is 0 Å². The number of alkyl halides is 1. The first-order valence-electron chi connectivity index (χ1n) is 6.10. The van der Waals surface area contributed by atoms with E-state index < -0.39 is 0 Å². The molecular weight excluding hydrogens is 252 g/mol. The first-order valence-corrected chi connectivity index (χ1v) is 6.54. The lowest BCUT2D eigenvalue weighted by molar-refractivity contribution is 0.0164. The average Bonchev–Trinajstić information content (AvgIpc) is 2.85. The van der Waals surface area contributed by atoms with E-state index in [0.717, 1.165) is 25.0 Å². The molecule has 3 nitrogen and oxygen atoms in total. The third kappa shape index (κ3) is 2.43. The summed E-state index contributed by atoms with van der Waals surface area (Å²) in [5, 5.41) is -0.181. The van der Waals surface area contributed by atoms with Gasteiger partial charge < -0.3 is 14.2 Å². The second kappa shape index (κ2) is 5.37. The highest BCUT2D eigenvalue weighted by Gasteiger charge is 2.38. The summed E-state index contributed by atoms with van der Waals surface area (Å²) in [5.41, 5.74) is 0.708. The van der Waals surface area contributed by atoms with Crippen molar-refractivity contribution in [3.05, 3.63) is 23.8 Å². The molecule has 1 fully saturated rings. The molecule has 0 aromatic heterocycles. The number of methoxy groups -OCH3 is 2. The predicted molar refractivity (Wildman–Crippen MR) is 71.7 cm³/mol. The van der Waals surface area contributed by atoms with Gasteiger partial charge in [0.2, 0.25) is 0 Å². The maximum atomic E-state index is 6.56. The van der Waals surface area contributed by atoms with Crippen LogP contribution in [-0.4, -0.2) is 26.4 Å². The van der Waals surface area contributed by atoms with Crippen molar-refractivity contribution in [3.63, 3.8) is 0 Å². The number of rotatable bonds is 4. The first-order chi connectivity index (χ1) is 8.60. The average molecular weight is 271 g/mol. The smallest absolute Gasteiger partial charge is 0.161 e. The highest BCUT2D eigenvalue weighted by atomic mass is 35.5. The van der Waals surface area contributed by atoms with Crippen LogP contribution in [0.1, 0.15) is 30.7 Å². The molecule has 1 aliphatic rings. The van der Waals surface area contributed by atoms with Crippen LogP contribution in [0.5, 0.6) is 11.5 Å². The molecule has 1 aromatic carbocycles. The zero-order valence-electron chi connectivity index (χ0n) is 11.0. The zero-order valence-corrected chi connectivity index (χ0v) is 11.8.